The van der Waals surface area contributed by atoms with Crippen molar-refractivity contribution in [3.63, 3.8) is 0 Å². The number of nitro benzene ring substituents is 1. The highest BCUT2D eigenvalue weighted by Crippen LogP contribution is 2.31. The van der Waals surface area contributed by atoms with Crippen molar-refractivity contribution in [3.8, 4) is 11.5 Å². The maximum atomic E-state index is 10.6. The number of unbranched alkanes of at least 4 members (excludes halogenated alkanes) is 2. The Kier molecular flexibility index (Phi) is 6.49. The Hall–Kier alpha value is -1.30. The number of benzene rings is 1. The molecule has 0 aromatic heterocycles. The smallest absolute Gasteiger partial charge is 0.273 e. The zero-order chi connectivity index (χ0) is 13.4. The fourth-order valence-corrected chi connectivity index (χ4v) is 1.84. The summed E-state index contributed by atoms with van der Waals surface area (Å²) in [4.78, 5) is 10.2. The van der Waals surface area contributed by atoms with E-state index in [-0.39, 0.29) is 5.69 Å². The van der Waals surface area contributed by atoms with Crippen LogP contribution in [0.1, 0.15) is 19.3 Å². The molecule has 0 aliphatic heterocycles. The monoisotopic (exact) mass is 317 g/mol. The number of ether oxygens (including phenoxy) is 2. The summed E-state index contributed by atoms with van der Waals surface area (Å²) in [6.07, 6.45) is 3.15. The van der Waals surface area contributed by atoms with Gasteiger partial charge in [-0.3, -0.25) is 10.1 Å². The molecule has 0 saturated heterocycles. The molecule has 0 aliphatic rings. The minimum atomic E-state index is -0.456. The predicted molar refractivity (Wildman–Crippen MR) is 72.8 cm³/mol. The van der Waals surface area contributed by atoms with Gasteiger partial charge in [-0.05, 0) is 25.3 Å². The Morgan fingerprint density at radius 2 is 2.06 bits per heavy atom. The van der Waals surface area contributed by atoms with Crippen molar-refractivity contribution in [1.29, 1.82) is 0 Å². The lowest BCUT2D eigenvalue weighted by atomic mass is 10.2. The van der Waals surface area contributed by atoms with Gasteiger partial charge in [-0.15, -0.1) is 0 Å². The van der Waals surface area contributed by atoms with Crippen LogP contribution in [0.15, 0.2) is 18.2 Å². The zero-order valence-electron chi connectivity index (χ0n) is 10.2. The van der Waals surface area contributed by atoms with Gasteiger partial charge in [-0.25, -0.2) is 0 Å². The van der Waals surface area contributed by atoms with Gasteiger partial charge in [0.25, 0.3) is 5.69 Å². The average molecular weight is 318 g/mol. The van der Waals surface area contributed by atoms with E-state index in [0.29, 0.717) is 18.1 Å². The molecule has 5 nitrogen and oxygen atoms in total. The van der Waals surface area contributed by atoms with Crippen molar-refractivity contribution in [2.45, 2.75) is 19.3 Å². The van der Waals surface area contributed by atoms with Gasteiger partial charge in [0.05, 0.1) is 24.7 Å². The molecule has 0 heterocycles. The van der Waals surface area contributed by atoms with Crippen molar-refractivity contribution >= 4 is 21.6 Å². The number of nitrogens with zero attached hydrogens (tertiary/aromatic N) is 1. The molecule has 1 aromatic carbocycles. The van der Waals surface area contributed by atoms with E-state index in [1.807, 2.05) is 0 Å². The molecular formula is C12H16BrNO4. The van der Waals surface area contributed by atoms with E-state index in [1.165, 1.54) is 19.2 Å². The highest BCUT2D eigenvalue weighted by molar-refractivity contribution is 9.09. The fourth-order valence-electron chi connectivity index (χ4n) is 1.44. The molecule has 1 aromatic rings. The minimum absolute atomic E-state index is 0.00140. The van der Waals surface area contributed by atoms with Gasteiger partial charge in [0.2, 0.25) is 0 Å². The zero-order valence-corrected chi connectivity index (χ0v) is 11.8. The van der Waals surface area contributed by atoms with E-state index < -0.39 is 4.92 Å². The molecule has 0 atom stereocenters. The van der Waals surface area contributed by atoms with Crippen LogP contribution in [-0.2, 0) is 0 Å². The SMILES string of the molecule is COc1cc([N+](=O)[O-])ccc1OCCCCCBr. The third-order valence-corrected chi connectivity index (χ3v) is 2.95. The molecule has 0 amide bonds. The highest BCUT2D eigenvalue weighted by Gasteiger charge is 2.11. The van der Waals surface area contributed by atoms with Crippen LogP contribution in [0.25, 0.3) is 0 Å². The molecule has 100 valence electrons. The Balaban J connectivity index is 2.57. The molecule has 0 fully saturated rings. The van der Waals surface area contributed by atoms with E-state index in [9.17, 15) is 10.1 Å². The molecule has 0 saturated carbocycles. The second kappa shape index (κ2) is 7.92. The standard InChI is InChI=1S/C12H16BrNO4/c1-17-12-9-10(14(15)16)5-6-11(12)18-8-4-2-3-7-13/h5-6,9H,2-4,7-8H2,1H3. The topological polar surface area (TPSA) is 61.6 Å². The van der Waals surface area contributed by atoms with E-state index in [2.05, 4.69) is 15.9 Å². The maximum Gasteiger partial charge on any atom is 0.273 e. The summed E-state index contributed by atoms with van der Waals surface area (Å²) >= 11 is 3.37. The summed E-state index contributed by atoms with van der Waals surface area (Å²) in [6.45, 7) is 0.584. The van der Waals surface area contributed by atoms with Crippen LogP contribution in [0.5, 0.6) is 11.5 Å². The number of hydrogen-bond donors (Lipinski definition) is 0. The quantitative estimate of drug-likeness (QED) is 0.318. The number of halogens is 1. The summed E-state index contributed by atoms with van der Waals surface area (Å²) in [5.41, 5.74) is -0.00140. The number of methoxy groups -OCH3 is 1. The molecule has 18 heavy (non-hydrogen) atoms. The predicted octanol–water partition coefficient (Wildman–Crippen LogP) is 3.55. The first kappa shape index (κ1) is 14.8. The van der Waals surface area contributed by atoms with Gasteiger partial charge in [0.1, 0.15) is 0 Å². The highest BCUT2D eigenvalue weighted by atomic mass is 79.9. The molecule has 0 spiro atoms. The van der Waals surface area contributed by atoms with E-state index in [4.69, 9.17) is 9.47 Å². The van der Waals surface area contributed by atoms with Crippen LogP contribution in [0.4, 0.5) is 5.69 Å². The van der Waals surface area contributed by atoms with Crippen LogP contribution in [0, 0.1) is 10.1 Å². The Morgan fingerprint density at radius 1 is 1.28 bits per heavy atom. The normalized spacial score (nSPS) is 10.1. The lowest BCUT2D eigenvalue weighted by Crippen LogP contribution is -2.00. The van der Waals surface area contributed by atoms with Crippen molar-refractivity contribution in [3.05, 3.63) is 28.3 Å². The lowest BCUT2D eigenvalue weighted by Gasteiger charge is -2.10. The van der Waals surface area contributed by atoms with Crippen LogP contribution in [-0.4, -0.2) is 24.0 Å². The van der Waals surface area contributed by atoms with E-state index >= 15 is 0 Å². The number of hydrogen-bond acceptors (Lipinski definition) is 4. The van der Waals surface area contributed by atoms with Crippen molar-refractivity contribution in [1.82, 2.24) is 0 Å². The van der Waals surface area contributed by atoms with Crippen LogP contribution in [0.2, 0.25) is 0 Å². The van der Waals surface area contributed by atoms with Gasteiger partial charge in [0, 0.05) is 11.4 Å². The molecule has 0 unspecified atom stereocenters. The number of alkyl halides is 1. The minimum Gasteiger partial charge on any atom is -0.493 e. The summed E-state index contributed by atoms with van der Waals surface area (Å²) in [5.74, 6) is 0.937. The van der Waals surface area contributed by atoms with Gasteiger partial charge in [-0.2, -0.15) is 0 Å². The van der Waals surface area contributed by atoms with Gasteiger partial charge < -0.3 is 9.47 Å². The Morgan fingerprint density at radius 3 is 2.67 bits per heavy atom. The molecule has 0 N–H and O–H groups in total. The first-order valence-electron chi connectivity index (χ1n) is 5.70. The summed E-state index contributed by atoms with van der Waals surface area (Å²) in [5, 5.41) is 11.6. The largest absolute Gasteiger partial charge is 0.493 e. The molecular weight excluding hydrogens is 302 g/mol. The summed E-state index contributed by atoms with van der Waals surface area (Å²) in [6, 6.07) is 4.35. The summed E-state index contributed by atoms with van der Waals surface area (Å²) < 4.78 is 10.6. The molecule has 0 radical (unpaired) electrons. The van der Waals surface area contributed by atoms with Gasteiger partial charge in [0.15, 0.2) is 11.5 Å². The molecule has 6 heteroatoms. The lowest BCUT2D eigenvalue weighted by molar-refractivity contribution is -0.384. The van der Waals surface area contributed by atoms with Crippen molar-refractivity contribution < 1.29 is 14.4 Å². The van der Waals surface area contributed by atoms with Gasteiger partial charge >= 0.3 is 0 Å². The van der Waals surface area contributed by atoms with Crippen LogP contribution >= 0.6 is 15.9 Å². The second-order valence-electron chi connectivity index (χ2n) is 3.69. The molecule has 0 bridgehead atoms. The van der Waals surface area contributed by atoms with Crippen molar-refractivity contribution in [2.75, 3.05) is 19.0 Å². The molecule has 0 aliphatic carbocycles. The number of rotatable bonds is 8. The number of nitro groups is 1. The first-order chi connectivity index (χ1) is 8.69. The average Bonchev–Trinajstić information content (AvgIpc) is 2.38. The van der Waals surface area contributed by atoms with Crippen LogP contribution in [0.3, 0.4) is 0 Å². The Labute approximate surface area is 114 Å². The van der Waals surface area contributed by atoms with E-state index in [0.717, 1.165) is 24.6 Å². The maximum absolute atomic E-state index is 10.6. The van der Waals surface area contributed by atoms with Crippen molar-refractivity contribution in [2.24, 2.45) is 0 Å². The number of non-ortho nitro benzene ring substituents is 1. The fraction of sp³-hybridized carbons (Fsp3) is 0.500. The first-order valence-corrected chi connectivity index (χ1v) is 6.82. The third-order valence-electron chi connectivity index (χ3n) is 2.39. The van der Waals surface area contributed by atoms with Gasteiger partial charge in [-0.1, -0.05) is 15.9 Å². The van der Waals surface area contributed by atoms with E-state index in [1.54, 1.807) is 6.07 Å². The third kappa shape index (κ3) is 4.52. The summed E-state index contributed by atoms with van der Waals surface area (Å²) in [7, 11) is 1.47. The van der Waals surface area contributed by atoms with Crippen LogP contribution < -0.4 is 9.47 Å². The Bertz CT molecular complexity index is 398. The molecule has 1 rings (SSSR count). The second-order valence-corrected chi connectivity index (χ2v) is 4.48.